The zero-order chi connectivity index (χ0) is 16.7. The molecular formula is C18H18FN3O. The monoisotopic (exact) mass is 311 g/mol. The largest absolute Gasteiger partial charge is 0.465 e. The first-order valence-corrected chi connectivity index (χ1v) is 7.15. The van der Waals surface area contributed by atoms with E-state index in [0.717, 1.165) is 16.7 Å². The van der Waals surface area contributed by atoms with Crippen LogP contribution >= 0.6 is 0 Å². The van der Waals surface area contributed by atoms with Gasteiger partial charge in [0.2, 0.25) is 0 Å². The van der Waals surface area contributed by atoms with Crippen LogP contribution in [0.25, 0.3) is 11.1 Å². The first-order chi connectivity index (χ1) is 11.1. The summed E-state index contributed by atoms with van der Waals surface area (Å²) in [6, 6.07) is 6.98. The van der Waals surface area contributed by atoms with Gasteiger partial charge in [0.25, 0.3) is 6.02 Å². The lowest BCUT2D eigenvalue weighted by molar-refractivity contribution is 0.301. The third kappa shape index (κ3) is 4.55. The Balaban J connectivity index is 2.22. The molecule has 0 aliphatic heterocycles. The van der Waals surface area contributed by atoms with Crippen LogP contribution in [0.4, 0.5) is 4.39 Å². The van der Waals surface area contributed by atoms with Gasteiger partial charge in [-0.1, -0.05) is 12.0 Å². The lowest BCUT2D eigenvalue weighted by atomic mass is 10.0. The molecule has 0 unspecified atom stereocenters. The minimum absolute atomic E-state index is 0.0941. The molecule has 0 bridgehead atoms. The second-order valence-corrected chi connectivity index (χ2v) is 4.80. The Morgan fingerprint density at radius 2 is 2.13 bits per heavy atom. The van der Waals surface area contributed by atoms with Crippen molar-refractivity contribution in [1.29, 1.82) is 0 Å². The molecule has 1 heterocycles. The molecule has 0 fully saturated rings. The summed E-state index contributed by atoms with van der Waals surface area (Å²) < 4.78 is 19.1. The van der Waals surface area contributed by atoms with E-state index in [9.17, 15) is 4.39 Å². The van der Waals surface area contributed by atoms with E-state index in [2.05, 4.69) is 21.8 Å². The van der Waals surface area contributed by atoms with Gasteiger partial charge in [-0.15, -0.1) is 5.92 Å². The van der Waals surface area contributed by atoms with E-state index in [-0.39, 0.29) is 18.4 Å². The molecule has 23 heavy (non-hydrogen) atoms. The Morgan fingerprint density at radius 3 is 2.87 bits per heavy atom. The maximum Gasteiger partial charge on any atom is 0.281 e. The molecule has 1 aromatic heterocycles. The molecular weight excluding hydrogens is 293 g/mol. The average Bonchev–Trinajstić information content (AvgIpc) is 2.57. The first kappa shape index (κ1) is 16.5. The van der Waals surface area contributed by atoms with Crippen molar-refractivity contribution in [2.75, 3.05) is 13.7 Å². The molecule has 5 heteroatoms. The molecule has 4 nitrogen and oxygen atoms in total. The van der Waals surface area contributed by atoms with Gasteiger partial charge in [0.05, 0.1) is 6.61 Å². The molecule has 0 atom stereocenters. The zero-order valence-corrected chi connectivity index (χ0v) is 13.1. The van der Waals surface area contributed by atoms with Crippen LogP contribution in [-0.2, 0) is 11.2 Å². The van der Waals surface area contributed by atoms with Crippen LogP contribution in [0.5, 0.6) is 0 Å². The average molecular weight is 311 g/mol. The predicted molar refractivity (Wildman–Crippen MR) is 89.4 cm³/mol. The number of aromatic nitrogens is 1. The van der Waals surface area contributed by atoms with E-state index in [0.29, 0.717) is 12.0 Å². The van der Waals surface area contributed by atoms with E-state index >= 15 is 0 Å². The fourth-order valence-electron chi connectivity index (χ4n) is 2.09. The summed E-state index contributed by atoms with van der Waals surface area (Å²) in [7, 11) is 1.54. The van der Waals surface area contributed by atoms with Crippen LogP contribution < -0.4 is 5.73 Å². The predicted octanol–water partition coefficient (Wildman–Crippen LogP) is 2.76. The van der Waals surface area contributed by atoms with Gasteiger partial charge in [0, 0.05) is 37.0 Å². The van der Waals surface area contributed by atoms with Gasteiger partial charge in [-0.3, -0.25) is 4.98 Å². The van der Waals surface area contributed by atoms with Crippen molar-refractivity contribution in [2.24, 2.45) is 10.7 Å². The van der Waals surface area contributed by atoms with Gasteiger partial charge in [-0.05, 0) is 36.2 Å². The van der Waals surface area contributed by atoms with E-state index in [1.165, 1.54) is 13.1 Å². The molecule has 2 N–H and O–H groups in total. The Hall–Kier alpha value is -2.87. The van der Waals surface area contributed by atoms with E-state index < -0.39 is 0 Å². The number of nitrogens with zero attached hydrogens (tertiary/aromatic N) is 2. The van der Waals surface area contributed by atoms with Crippen LogP contribution in [0.15, 0.2) is 41.7 Å². The number of aliphatic imine (C=N–C) groups is 1. The fraction of sp³-hybridized carbons (Fsp3) is 0.222. The number of nitrogens with two attached hydrogens (primary N) is 1. The summed E-state index contributed by atoms with van der Waals surface area (Å²) in [4.78, 5) is 7.87. The second kappa shape index (κ2) is 7.95. The van der Waals surface area contributed by atoms with Crippen LogP contribution in [0.1, 0.15) is 18.1 Å². The van der Waals surface area contributed by atoms with Crippen molar-refractivity contribution < 1.29 is 9.13 Å². The topological polar surface area (TPSA) is 60.5 Å². The number of ether oxygens (including phenoxy) is 1. The number of halogens is 1. The molecule has 0 aliphatic rings. The quantitative estimate of drug-likeness (QED) is 0.536. The SMILES string of the molecule is CC#Cc1cncc(-c2ccc(F)c(CCO/C(N)=N\C)c2)c1. The Bertz CT molecular complexity index is 775. The highest BCUT2D eigenvalue weighted by molar-refractivity contribution is 5.71. The zero-order valence-electron chi connectivity index (χ0n) is 13.1. The first-order valence-electron chi connectivity index (χ1n) is 7.15. The highest BCUT2D eigenvalue weighted by atomic mass is 19.1. The molecule has 2 aromatic rings. The second-order valence-electron chi connectivity index (χ2n) is 4.80. The molecule has 0 radical (unpaired) electrons. The summed E-state index contributed by atoms with van der Waals surface area (Å²) in [5.74, 6) is 5.52. The van der Waals surface area contributed by atoms with Crippen molar-refractivity contribution in [3.05, 3.63) is 53.6 Å². The number of benzene rings is 1. The molecule has 1 aromatic carbocycles. The molecule has 0 saturated heterocycles. The van der Waals surface area contributed by atoms with Crippen LogP contribution in [-0.4, -0.2) is 24.7 Å². The van der Waals surface area contributed by atoms with Crippen molar-refractivity contribution in [3.8, 4) is 23.0 Å². The Kier molecular flexibility index (Phi) is 5.70. The highest BCUT2D eigenvalue weighted by Crippen LogP contribution is 2.22. The van der Waals surface area contributed by atoms with Gasteiger partial charge < -0.3 is 10.5 Å². The fourth-order valence-corrected chi connectivity index (χ4v) is 2.09. The molecule has 118 valence electrons. The normalized spacial score (nSPS) is 10.8. The number of rotatable bonds is 4. The van der Waals surface area contributed by atoms with Crippen molar-refractivity contribution in [2.45, 2.75) is 13.3 Å². The summed E-state index contributed by atoms with van der Waals surface area (Å²) in [6.45, 7) is 2.04. The Labute approximate surface area is 135 Å². The molecule has 0 aliphatic carbocycles. The summed E-state index contributed by atoms with van der Waals surface area (Å²) in [6.07, 6.45) is 3.83. The van der Waals surface area contributed by atoms with E-state index in [1.807, 2.05) is 6.07 Å². The smallest absolute Gasteiger partial charge is 0.281 e. The van der Waals surface area contributed by atoms with Gasteiger partial charge in [0.15, 0.2) is 0 Å². The van der Waals surface area contributed by atoms with Crippen molar-refractivity contribution in [1.82, 2.24) is 4.98 Å². The molecule has 0 amide bonds. The minimum atomic E-state index is -0.276. The molecule has 0 saturated carbocycles. The van der Waals surface area contributed by atoms with Crippen LogP contribution in [0.3, 0.4) is 0 Å². The lowest BCUT2D eigenvalue weighted by Gasteiger charge is -2.08. The van der Waals surface area contributed by atoms with E-state index in [4.69, 9.17) is 10.5 Å². The van der Waals surface area contributed by atoms with Gasteiger partial charge in [-0.2, -0.15) is 0 Å². The Morgan fingerprint density at radius 1 is 1.30 bits per heavy atom. The van der Waals surface area contributed by atoms with Crippen LogP contribution in [0, 0.1) is 17.7 Å². The highest BCUT2D eigenvalue weighted by Gasteiger charge is 2.07. The summed E-state index contributed by atoms with van der Waals surface area (Å²) in [5.41, 5.74) is 8.60. The number of amidine groups is 1. The van der Waals surface area contributed by atoms with Crippen molar-refractivity contribution >= 4 is 6.02 Å². The summed E-state index contributed by atoms with van der Waals surface area (Å²) in [5, 5.41) is 0. The van der Waals surface area contributed by atoms with Gasteiger partial charge in [0.1, 0.15) is 5.82 Å². The molecule has 0 spiro atoms. The third-order valence-electron chi connectivity index (χ3n) is 3.23. The number of hydrogen-bond acceptors (Lipinski definition) is 3. The van der Waals surface area contributed by atoms with Gasteiger partial charge >= 0.3 is 0 Å². The minimum Gasteiger partial charge on any atom is -0.465 e. The number of pyridine rings is 1. The maximum absolute atomic E-state index is 13.9. The number of hydrogen-bond donors (Lipinski definition) is 1. The van der Waals surface area contributed by atoms with E-state index in [1.54, 1.807) is 31.5 Å². The molecule has 2 rings (SSSR count). The maximum atomic E-state index is 13.9. The lowest BCUT2D eigenvalue weighted by Crippen LogP contribution is -2.17. The third-order valence-corrected chi connectivity index (χ3v) is 3.23. The summed E-state index contributed by atoms with van der Waals surface area (Å²) >= 11 is 0. The van der Waals surface area contributed by atoms with Crippen LogP contribution in [0.2, 0.25) is 0 Å². The standard InChI is InChI=1S/C18H18FN3O/c1-3-4-13-9-16(12-22-11-13)14-5-6-17(19)15(10-14)7-8-23-18(20)21-2/h5-6,9-12H,7-8H2,1-2H3,(H2,20,21). The van der Waals surface area contributed by atoms with Crippen molar-refractivity contribution in [3.63, 3.8) is 0 Å². The van der Waals surface area contributed by atoms with Gasteiger partial charge in [-0.25, -0.2) is 9.38 Å².